The highest BCUT2D eigenvalue weighted by Gasteiger charge is 1.91. The van der Waals surface area contributed by atoms with E-state index in [0.717, 1.165) is 5.69 Å². The van der Waals surface area contributed by atoms with Crippen molar-refractivity contribution >= 4 is 11.6 Å². The molecule has 0 bridgehead atoms. The minimum atomic E-state index is 0.429. The predicted octanol–water partition coefficient (Wildman–Crippen LogP) is 2.38. The molecule has 78 valence electrons. The molecule has 0 radical (unpaired) electrons. The van der Waals surface area contributed by atoms with Crippen LogP contribution in [0.1, 0.15) is 19.4 Å². The number of guanidine groups is 1. The number of nitrogens with one attached hydrogen (secondary N) is 1. The highest BCUT2D eigenvalue weighted by Crippen LogP contribution is 2.07. The van der Waals surface area contributed by atoms with E-state index in [1.807, 2.05) is 45.0 Å². The Morgan fingerprint density at radius 3 is 2.14 bits per heavy atom. The van der Waals surface area contributed by atoms with Gasteiger partial charge in [0.15, 0.2) is 5.96 Å². The minimum absolute atomic E-state index is 0.429. The Morgan fingerprint density at radius 1 is 1.21 bits per heavy atom. The van der Waals surface area contributed by atoms with Gasteiger partial charge in [0, 0.05) is 12.7 Å². The van der Waals surface area contributed by atoms with Crippen LogP contribution in [-0.2, 0) is 0 Å². The Kier molecular flexibility index (Phi) is 6.20. The molecular weight excluding hydrogens is 174 g/mol. The van der Waals surface area contributed by atoms with E-state index < -0.39 is 0 Å². The Labute approximate surface area is 86.0 Å². The fourth-order valence-corrected chi connectivity index (χ4v) is 0.841. The summed E-state index contributed by atoms with van der Waals surface area (Å²) in [7, 11) is 1.65. The van der Waals surface area contributed by atoms with Crippen molar-refractivity contribution < 1.29 is 0 Å². The summed E-state index contributed by atoms with van der Waals surface area (Å²) in [6.07, 6.45) is 0. The summed E-state index contributed by atoms with van der Waals surface area (Å²) in [5.74, 6) is 0.429. The number of nitrogens with two attached hydrogens (primary N) is 1. The molecular formula is C11H19N3. The highest BCUT2D eigenvalue weighted by molar-refractivity contribution is 5.92. The third kappa shape index (κ3) is 4.50. The van der Waals surface area contributed by atoms with Crippen molar-refractivity contribution in [3.05, 3.63) is 29.8 Å². The standard InChI is InChI=1S/C9H13N3.C2H6/c1-7-3-5-8(6-4-7)12-9(10)11-2;1-2/h3-6H,1-2H3,(H3,10,11,12);1-2H3. The number of aryl methyl sites for hydroxylation is 1. The van der Waals surface area contributed by atoms with E-state index in [4.69, 9.17) is 5.73 Å². The summed E-state index contributed by atoms with van der Waals surface area (Å²) in [4.78, 5) is 3.79. The van der Waals surface area contributed by atoms with Crippen molar-refractivity contribution in [2.75, 3.05) is 12.4 Å². The number of benzene rings is 1. The van der Waals surface area contributed by atoms with E-state index >= 15 is 0 Å². The molecule has 0 aliphatic carbocycles. The molecule has 3 heteroatoms. The molecule has 1 aromatic rings. The third-order valence-corrected chi connectivity index (χ3v) is 1.56. The lowest BCUT2D eigenvalue weighted by Crippen LogP contribution is -2.21. The van der Waals surface area contributed by atoms with Gasteiger partial charge in [0.2, 0.25) is 0 Å². The van der Waals surface area contributed by atoms with Gasteiger partial charge in [-0.25, -0.2) is 0 Å². The SMILES string of the molecule is CC.CN=C(N)Nc1ccc(C)cc1. The van der Waals surface area contributed by atoms with Crippen molar-refractivity contribution in [3.63, 3.8) is 0 Å². The van der Waals surface area contributed by atoms with E-state index in [0.29, 0.717) is 5.96 Å². The predicted molar refractivity (Wildman–Crippen MR) is 63.7 cm³/mol. The first-order valence-corrected chi connectivity index (χ1v) is 4.78. The Bertz CT molecular complexity index is 275. The van der Waals surface area contributed by atoms with Gasteiger partial charge in [0.05, 0.1) is 0 Å². The molecule has 0 atom stereocenters. The topological polar surface area (TPSA) is 50.4 Å². The molecule has 0 amide bonds. The fraction of sp³-hybridized carbons (Fsp3) is 0.364. The summed E-state index contributed by atoms with van der Waals surface area (Å²) in [5.41, 5.74) is 7.67. The van der Waals surface area contributed by atoms with Crippen molar-refractivity contribution in [1.29, 1.82) is 0 Å². The maximum absolute atomic E-state index is 5.48. The van der Waals surface area contributed by atoms with E-state index in [-0.39, 0.29) is 0 Å². The second kappa shape index (κ2) is 6.95. The van der Waals surface area contributed by atoms with E-state index in [1.165, 1.54) is 5.56 Å². The fourth-order valence-electron chi connectivity index (χ4n) is 0.841. The van der Waals surface area contributed by atoms with Gasteiger partial charge in [-0.1, -0.05) is 31.5 Å². The van der Waals surface area contributed by atoms with Crippen LogP contribution in [0.5, 0.6) is 0 Å². The largest absolute Gasteiger partial charge is 0.370 e. The normalized spacial score (nSPS) is 10.1. The molecule has 3 nitrogen and oxygen atoms in total. The molecule has 1 rings (SSSR count). The van der Waals surface area contributed by atoms with Gasteiger partial charge in [0.25, 0.3) is 0 Å². The van der Waals surface area contributed by atoms with Crippen molar-refractivity contribution in [3.8, 4) is 0 Å². The molecule has 0 unspecified atom stereocenters. The van der Waals surface area contributed by atoms with Crippen LogP contribution in [0.25, 0.3) is 0 Å². The zero-order valence-corrected chi connectivity index (χ0v) is 9.33. The molecule has 3 N–H and O–H groups in total. The molecule has 0 saturated carbocycles. The molecule has 0 aromatic heterocycles. The monoisotopic (exact) mass is 193 g/mol. The van der Waals surface area contributed by atoms with Crippen LogP contribution >= 0.6 is 0 Å². The first-order valence-electron chi connectivity index (χ1n) is 4.78. The maximum Gasteiger partial charge on any atom is 0.192 e. The molecule has 0 aliphatic rings. The Balaban J connectivity index is 0.000000791. The second-order valence-corrected chi connectivity index (χ2v) is 2.60. The lowest BCUT2D eigenvalue weighted by Gasteiger charge is -2.03. The average molecular weight is 193 g/mol. The van der Waals surface area contributed by atoms with Gasteiger partial charge in [-0.15, -0.1) is 0 Å². The highest BCUT2D eigenvalue weighted by atomic mass is 15.1. The maximum atomic E-state index is 5.48. The summed E-state index contributed by atoms with van der Waals surface area (Å²) < 4.78 is 0. The van der Waals surface area contributed by atoms with Crippen LogP contribution < -0.4 is 11.1 Å². The summed E-state index contributed by atoms with van der Waals surface area (Å²) in [6, 6.07) is 7.97. The van der Waals surface area contributed by atoms with Crippen molar-refractivity contribution in [2.45, 2.75) is 20.8 Å². The number of rotatable bonds is 1. The second-order valence-electron chi connectivity index (χ2n) is 2.60. The summed E-state index contributed by atoms with van der Waals surface area (Å²) in [5, 5.41) is 2.95. The van der Waals surface area contributed by atoms with E-state index in [1.54, 1.807) is 7.05 Å². The number of hydrogen-bond donors (Lipinski definition) is 2. The number of aliphatic imine (C=N–C) groups is 1. The Morgan fingerprint density at radius 2 is 1.71 bits per heavy atom. The quantitative estimate of drug-likeness (QED) is 0.531. The number of nitrogens with zero attached hydrogens (tertiary/aromatic N) is 1. The van der Waals surface area contributed by atoms with Crippen LogP contribution in [0.4, 0.5) is 5.69 Å². The molecule has 14 heavy (non-hydrogen) atoms. The molecule has 0 saturated heterocycles. The third-order valence-electron chi connectivity index (χ3n) is 1.56. The van der Waals surface area contributed by atoms with Crippen LogP contribution in [0.15, 0.2) is 29.3 Å². The minimum Gasteiger partial charge on any atom is -0.370 e. The summed E-state index contributed by atoms with van der Waals surface area (Å²) >= 11 is 0. The average Bonchev–Trinajstić information content (AvgIpc) is 2.24. The van der Waals surface area contributed by atoms with Gasteiger partial charge in [0.1, 0.15) is 0 Å². The Hall–Kier alpha value is -1.51. The van der Waals surface area contributed by atoms with Gasteiger partial charge in [-0.3, -0.25) is 4.99 Å². The number of anilines is 1. The van der Waals surface area contributed by atoms with Gasteiger partial charge < -0.3 is 11.1 Å². The van der Waals surface area contributed by atoms with Crippen LogP contribution in [0, 0.1) is 6.92 Å². The lowest BCUT2D eigenvalue weighted by molar-refractivity contribution is 1.37. The van der Waals surface area contributed by atoms with Gasteiger partial charge in [-0.2, -0.15) is 0 Å². The lowest BCUT2D eigenvalue weighted by atomic mass is 10.2. The molecule has 1 aromatic carbocycles. The first-order chi connectivity index (χ1) is 6.72. The van der Waals surface area contributed by atoms with Crippen LogP contribution in [0.3, 0.4) is 0 Å². The zero-order valence-electron chi connectivity index (χ0n) is 9.33. The molecule has 0 spiro atoms. The van der Waals surface area contributed by atoms with Gasteiger partial charge in [-0.05, 0) is 19.1 Å². The number of hydrogen-bond acceptors (Lipinski definition) is 1. The van der Waals surface area contributed by atoms with Crippen molar-refractivity contribution in [2.24, 2.45) is 10.7 Å². The zero-order chi connectivity index (χ0) is 11.0. The van der Waals surface area contributed by atoms with Crippen molar-refractivity contribution in [1.82, 2.24) is 0 Å². The molecule has 0 fully saturated rings. The smallest absolute Gasteiger partial charge is 0.192 e. The van der Waals surface area contributed by atoms with E-state index in [9.17, 15) is 0 Å². The molecule has 0 heterocycles. The van der Waals surface area contributed by atoms with E-state index in [2.05, 4.69) is 10.3 Å². The van der Waals surface area contributed by atoms with Crippen LogP contribution in [0.2, 0.25) is 0 Å². The summed E-state index contributed by atoms with van der Waals surface area (Å²) in [6.45, 7) is 6.04. The first kappa shape index (κ1) is 12.5. The van der Waals surface area contributed by atoms with Crippen LogP contribution in [-0.4, -0.2) is 13.0 Å². The molecule has 0 aliphatic heterocycles. The van der Waals surface area contributed by atoms with Gasteiger partial charge >= 0.3 is 0 Å².